The van der Waals surface area contributed by atoms with Crippen molar-refractivity contribution in [3.63, 3.8) is 0 Å². The van der Waals surface area contributed by atoms with Gasteiger partial charge in [-0.05, 0) is 57.5 Å². The van der Waals surface area contributed by atoms with E-state index in [1.165, 1.54) is 15.9 Å². The highest BCUT2D eigenvalue weighted by Gasteiger charge is 2.34. The number of esters is 1. The van der Waals surface area contributed by atoms with Crippen molar-refractivity contribution in [1.82, 2.24) is 4.57 Å². The SMILES string of the molecule is CCOC(=O)C1=C(C)N=c2s/c(=C\c3ccccc3O)c(=O)n2C1c1ccc(OCC)c(OCC)c1. The highest BCUT2D eigenvalue weighted by molar-refractivity contribution is 7.07. The van der Waals surface area contributed by atoms with Crippen molar-refractivity contribution in [3.05, 3.63) is 84.5 Å². The predicted octanol–water partition coefficient (Wildman–Crippen LogP) is 3.30. The molecule has 36 heavy (non-hydrogen) atoms. The zero-order chi connectivity index (χ0) is 25.8. The van der Waals surface area contributed by atoms with E-state index in [1.807, 2.05) is 19.9 Å². The van der Waals surface area contributed by atoms with Gasteiger partial charge in [0.2, 0.25) is 0 Å². The number of hydrogen-bond donors (Lipinski definition) is 1. The van der Waals surface area contributed by atoms with E-state index < -0.39 is 12.0 Å². The number of para-hydroxylation sites is 1. The molecule has 2 aromatic carbocycles. The molecule has 0 bridgehead atoms. The standard InChI is InChI=1S/C27H28N2O6S/c1-5-33-20-13-12-18(14-21(20)34-6-2)24-23(26(32)35-7-3)16(4)28-27-29(24)25(31)22(36-27)15-17-10-8-9-11-19(17)30/h8-15,24,30H,5-7H2,1-4H3/b22-15-. The van der Waals surface area contributed by atoms with Crippen molar-refractivity contribution < 1.29 is 24.1 Å². The normalized spacial score (nSPS) is 15.3. The Balaban J connectivity index is 1.97. The number of phenolic OH excluding ortho intramolecular Hbond substituents is 1. The largest absolute Gasteiger partial charge is 0.507 e. The zero-order valence-electron chi connectivity index (χ0n) is 20.6. The van der Waals surface area contributed by atoms with E-state index in [0.717, 1.165) is 0 Å². The number of phenols is 1. The molecule has 8 nitrogen and oxygen atoms in total. The van der Waals surface area contributed by atoms with Gasteiger partial charge in [0.15, 0.2) is 16.3 Å². The monoisotopic (exact) mass is 508 g/mol. The lowest BCUT2D eigenvalue weighted by Crippen LogP contribution is -2.40. The molecule has 0 radical (unpaired) electrons. The summed E-state index contributed by atoms with van der Waals surface area (Å²) in [6.45, 7) is 8.30. The summed E-state index contributed by atoms with van der Waals surface area (Å²) < 4.78 is 18.7. The number of allylic oxidation sites excluding steroid dienone is 1. The molecule has 9 heteroatoms. The minimum absolute atomic E-state index is 0.0659. The summed E-state index contributed by atoms with van der Waals surface area (Å²) in [4.78, 5) is 31.8. The van der Waals surface area contributed by atoms with Crippen LogP contribution in [0.15, 0.2) is 63.5 Å². The van der Waals surface area contributed by atoms with E-state index in [2.05, 4.69) is 4.99 Å². The van der Waals surface area contributed by atoms with Crippen molar-refractivity contribution in [3.8, 4) is 17.2 Å². The predicted molar refractivity (Wildman–Crippen MR) is 137 cm³/mol. The Bertz CT molecular complexity index is 1500. The minimum atomic E-state index is -0.776. The van der Waals surface area contributed by atoms with Crippen LogP contribution < -0.4 is 24.4 Å². The topological polar surface area (TPSA) is 99.4 Å². The highest BCUT2D eigenvalue weighted by atomic mass is 32.1. The number of thiazole rings is 1. The van der Waals surface area contributed by atoms with Gasteiger partial charge in [-0.1, -0.05) is 35.6 Å². The van der Waals surface area contributed by atoms with Crippen molar-refractivity contribution in [2.45, 2.75) is 33.7 Å². The first-order chi connectivity index (χ1) is 17.4. The molecule has 0 fully saturated rings. The highest BCUT2D eigenvalue weighted by Crippen LogP contribution is 2.36. The second-order valence-electron chi connectivity index (χ2n) is 7.93. The summed E-state index contributed by atoms with van der Waals surface area (Å²) in [5, 5.41) is 10.2. The van der Waals surface area contributed by atoms with Gasteiger partial charge in [0.25, 0.3) is 5.56 Å². The summed E-state index contributed by atoms with van der Waals surface area (Å²) >= 11 is 1.20. The molecule has 2 heterocycles. The van der Waals surface area contributed by atoms with Crippen LogP contribution in [0.5, 0.6) is 17.2 Å². The maximum absolute atomic E-state index is 13.7. The maximum Gasteiger partial charge on any atom is 0.338 e. The first-order valence-corrected chi connectivity index (χ1v) is 12.6. The second-order valence-corrected chi connectivity index (χ2v) is 8.94. The van der Waals surface area contributed by atoms with Gasteiger partial charge in [-0.15, -0.1) is 0 Å². The van der Waals surface area contributed by atoms with Crippen molar-refractivity contribution in [1.29, 1.82) is 0 Å². The van der Waals surface area contributed by atoms with Gasteiger partial charge in [0.1, 0.15) is 5.75 Å². The molecule has 0 amide bonds. The number of nitrogens with zero attached hydrogens (tertiary/aromatic N) is 2. The molecular formula is C27H28N2O6S. The molecule has 4 rings (SSSR count). The summed E-state index contributed by atoms with van der Waals surface area (Å²) in [7, 11) is 0. The Morgan fingerprint density at radius 1 is 1.08 bits per heavy atom. The van der Waals surface area contributed by atoms with Gasteiger partial charge in [0.05, 0.1) is 41.7 Å². The van der Waals surface area contributed by atoms with Crippen LogP contribution in [-0.2, 0) is 9.53 Å². The second kappa shape index (κ2) is 10.8. The summed E-state index contributed by atoms with van der Waals surface area (Å²) in [6.07, 6.45) is 1.63. The third kappa shape index (κ3) is 4.79. The van der Waals surface area contributed by atoms with Crippen LogP contribution in [0.1, 0.15) is 44.9 Å². The summed E-state index contributed by atoms with van der Waals surface area (Å²) in [5.74, 6) is 0.626. The average molecular weight is 509 g/mol. The number of aromatic nitrogens is 1. The molecule has 188 valence electrons. The number of rotatable bonds is 8. The first kappa shape index (κ1) is 25.2. The van der Waals surface area contributed by atoms with Gasteiger partial charge in [-0.3, -0.25) is 9.36 Å². The summed E-state index contributed by atoms with van der Waals surface area (Å²) in [5.41, 5.74) is 1.61. The van der Waals surface area contributed by atoms with E-state index in [1.54, 1.807) is 56.3 Å². The van der Waals surface area contributed by atoms with Gasteiger partial charge >= 0.3 is 5.97 Å². The Kier molecular flexibility index (Phi) is 7.59. The van der Waals surface area contributed by atoms with E-state index in [9.17, 15) is 14.7 Å². The quantitative estimate of drug-likeness (QED) is 0.469. The van der Waals surface area contributed by atoms with Gasteiger partial charge in [-0.25, -0.2) is 9.79 Å². The number of carbonyl (C=O) groups excluding carboxylic acids is 1. The van der Waals surface area contributed by atoms with Crippen molar-refractivity contribution >= 4 is 23.4 Å². The number of benzene rings is 2. The van der Waals surface area contributed by atoms with Gasteiger partial charge in [0, 0.05) is 5.56 Å². The molecule has 1 atom stereocenters. The summed E-state index contributed by atoms with van der Waals surface area (Å²) in [6, 6.07) is 11.4. The molecule has 1 aromatic heterocycles. The molecule has 0 spiro atoms. The average Bonchev–Trinajstić information content (AvgIpc) is 3.15. The lowest BCUT2D eigenvalue weighted by Gasteiger charge is -2.25. The number of ether oxygens (including phenoxy) is 3. The zero-order valence-corrected chi connectivity index (χ0v) is 21.4. The fourth-order valence-corrected chi connectivity index (χ4v) is 5.13. The van der Waals surface area contributed by atoms with Crippen LogP contribution in [0.25, 0.3) is 6.08 Å². The molecule has 1 aliphatic heterocycles. The number of fused-ring (bicyclic) bond motifs is 1. The number of hydrogen-bond acceptors (Lipinski definition) is 8. The molecular weight excluding hydrogens is 480 g/mol. The van der Waals surface area contributed by atoms with Crippen LogP contribution in [0, 0.1) is 0 Å². The van der Waals surface area contributed by atoms with Crippen LogP contribution in [0.2, 0.25) is 0 Å². The van der Waals surface area contributed by atoms with Crippen molar-refractivity contribution in [2.24, 2.45) is 4.99 Å². The number of aromatic hydroxyl groups is 1. The lowest BCUT2D eigenvalue weighted by atomic mass is 9.95. The third-order valence-corrected chi connectivity index (χ3v) is 6.61. The van der Waals surface area contributed by atoms with Gasteiger partial charge in [-0.2, -0.15) is 0 Å². The van der Waals surface area contributed by atoms with Crippen LogP contribution in [-0.4, -0.2) is 35.5 Å². The van der Waals surface area contributed by atoms with Crippen LogP contribution in [0.4, 0.5) is 0 Å². The van der Waals surface area contributed by atoms with E-state index >= 15 is 0 Å². The Labute approximate surface area is 212 Å². The minimum Gasteiger partial charge on any atom is -0.507 e. The van der Waals surface area contributed by atoms with E-state index in [4.69, 9.17) is 14.2 Å². The fraction of sp³-hybridized carbons (Fsp3) is 0.296. The fourth-order valence-electron chi connectivity index (χ4n) is 4.10. The molecule has 1 aliphatic rings. The smallest absolute Gasteiger partial charge is 0.338 e. The lowest BCUT2D eigenvalue weighted by molar-refractivity contribution is -0.139. The Morgan fingerprint density at radius 2 is 1.81 bits per heavy atom. The van der Waals surface area contributed by atoms with Crippen molar-refractivity contribution in [2.75, 3.05) is 19.8 Å². The molecule has 1 N–H and O–H groups in total. The van der Waals surface area contributed by atoms with Crippen LogP contribution >= 0.6 is 11.3 Å². The molecule has 0 saturated heterocycles. The number of carbonyl (C=O) groups is 1. The van der Waals surface area contributed by atoms with E-state index in [-0.39, 0.29) is 23.5 Å². The Hall–Kier alpha value is -3.85. The van der Waals surface area contributed by atoms with Gasteiger partial charge < -0.3 is 19.3 Å². The molecule has 0 aliphatic carbocycles. The maximum atomic E-state index is 13.7. The molecule has 3 aromatic rings. The van der Waals surface area contributed by atoms with E-state index in [0.29, 0.717) is 50.9 Å². The molecule has 0 saturated carbocycles. The third-order valence-electron chi connectivity index (χ3n) is 5.62. The first-order valence-electron chi connectivity index (χ1n) is 11.8. The van der Waals surface area contributed by atoms with Crippen LogP contribution in [0.3, 0.4) is 0 Å². The Morgan fingerprint density at radius 3 is 2.50 bits per heavy atom. The molecule has 1 unspecified atom stereocenters.